The van der Waals surface area contributed by atoms with E-state index >= 15 is 0 Å². The van der Waals surface area contributed by atoms with Crippen molar-refractivity contribution in [3.8, 4) is 22.8 Å². The molecule has 0 aliphatic carbocycles. The van der Waals surface area contributed by atoms with E-state index in [9.17, 15) is 32.6 Å². The fraction of sp³-hybridized carbons (Fsp3) is 0.357. The Bertz CT molecular complexity index is 1420. The first-order chi connectivity index (χ1) is 19.3. The van der Waals surface area contributed by atoms with E-state index in [2.05, 4.69) is 15.6 Å². The second-order valence-corrected chi connectivity index (χ2v) is 10.1. The summed E-state index contributed by atoms with van der Waals surface area (Å²) >= 11 is 5.89. The number of ether oxygens (including phenoxy) is 2. The number of hydrogen-bond acceptors (Lipinski definition) is 7. The molecule has 8 nitrogen and oxygen atoms in total. The van der Waals surface area contributed by atoms with Gasteiger partial charge in [0.2, 0.25) is 5.60 Å². The fourth-order valence-electron chi connectivity index (χ4n) is 4.11. The van der Waals surface area contributed by atoms with Gasteiger partial charge in [-0.1, -0.05) is 11.6 Å². The highest BCUT2D eigenvalue weighted by Gasteiger charge is 2.56. The second kappa shape index (κ2) is 12.2. The van der Waals surface area contributed by atoms with Crippen LogP contribution in [0, 0.1) is 5.82 Å². The zero-order valence-electron chi connectivity index (χ0n) is 22.1. The number of aromatic nitrogens is 1. The third-order valence-electron chi connectivity index (χ3n) is 6.62. The molecule has 0 saturated carbocycles. The fourth-order valence-corrected chi connectivity index (χ4v) is 4.29. The third kappa shape index (κ3) is 6.72. The van der Waals surface area contributed by atoms with E-state index in [1.54, 1.807) is 6.07 Å². The Hall–Kier alpha value is -3.45. The smallest absolute Gasteiger partial charge is 0.424 e. The Morgan fingerprint density at radius 1 is 1.17 bits per heavy atom. The number of rotatable bonds is 10. The number of hydrogen-bond donors (Lipinski definition) is 4. The average Bonchev–Trinajstić information content (AvgIpc) is 2.89. The van der Waals surface area contributed by atoms with Gasteiger partial charge in [-0.2, -0.15) is 13.2 Å². The topological polar surface area (TPSA) is 113 Å². The van der Waals surface area contributed by atoms with E-state index < -0.39 is 41.8 Å². The monoisotopic (exact) mass is 597 g/mol. The highest BCUT2D eigenvalue weighted by atomic mass is 35.5. The Kier molecular flexibility index (Phi) is 9.07. The van der Waals surface area contributed by atoms with E-state index in [0.717, 1.165) is 12.1 Å². The second-order valence-electron chi connectivity index (χ2n) is 9.72. The van der Waals surface area contributed by atoms with Crippen LogP contribution in [0.2, 0.25) is 5.02 Å². The number of methoxy groups -OCH3 is 1. The Morgan fingerprint density at radius 3 is 2.49 bits per heavy atom. The van der Waals surface area contributed by atoms with Crippen LogP contribution in [-0.4, -0.2) is 66.7 Å². The molecule has 4 rings (SSSR count). The number of nitrogens with zero attached hydrogens (tertiary/aromatic N) is 1. The van der Waals surface area contributed by atoms with Crippen molar-refractivity contribution in [3.05, 3.63) is 76.2 Å². The molecule has 1 aliphatic rings. The molecule has 4 N–H and O–H groups in total. The van der Waals surface area contributed by atoms with Crippen LogP contribution in [0.1, 0.15) is 34.5 Å². The van der Waals surface area contributed by atoms with Crippen molar-refractivity contribution >= 4 is 17.5 Å². The van der Waals surface area contributed by atoms with Crippen LogP contribution in [-0.2, 0) is 5.60 Å². The van der Waals surface area contributed by atoms with E-state index in [1.165, 1.54) is 44.4 Å². The standard InChI is InChI=1S/C28H28ClF4N3O5/c1-15(37)13-41-23-6-4-17(9-24(23)40-2)26(38)35-14-27(39,28(31,32)33)25-10-18(19-11-34-12-19)8-22(36-25)16-3-5-21(30)20(29)7-16/h3-10,15,19,34,37,39H,11-14H2,1-2H3,(H,35,38)/t15-,27?/m1/s1. The van der Waals surface area contributed by atoms with E-state index in [4.69, 9.17) is 21.1 Å². The number of halogens is 5. The average molecular weight is 598 g/mol. The van der Waals surface area contributed by atoms with Gasteiger partial charge in [0.1, 0.15) is 12.4 Å². The minimum absolute atomic E-state index is 0.0460. The number of alkyl halides is 3. The minimum Gasteiger partial charge on any atom is -0.493 e. The molecule has 1 fully saturated rings. The SMILES string of the molecule is COc1cc(C(=O)NCC(O)(c2cc(C3CNC3)cc(-c3ccc(F)c(Cl)c3)n2)C(F)(F)F)ccc1OC[C@@H](C)O. The normalized spacial score (nSPS) is 15.9. The van der Waals surface area contributed by atoms with Gasteiger partial charge in [0.15, 0.2) is 11.5 Å². The summed E-state index contributed by atoms with van der Waals surface area (Å²) < 4.78 is 67.7. The lowest BCUT2D eigenvalue weighted by molar-refractivity contribution is -0.265. The summed E-state index contributed by atoms with van der Waals surface area (Å²) in [4.78, 5) is 17.0. The predicted octanol–water partition coefficient (Wildman–Crippen LogP) is 4.18. The molecule has 13 heteroatoms. The van der Waals surface area contributed by atoms with Gasteiger partial charge in [-0.15, -0.1) is 0 Å². The molecule has 3 aromatic rings. The molecule has 0 spiro atoms. The molecular weight excluding hydrogens is 570 g/mol. The van der Waals surface area contributed by atoms with Crippen molar-refractivity contribution in [1.82, 2.24) is 15.6 Å². The number of nitrogens with one attached hydrogen (secondary N) is 2. The van der Waals surface area contributed by atoms with E-state index in [1.807, 2.05) is 0 Å². The molecule has 0 bridgehead atoms. The molecule has 1 aromatic heterocycles. The molecule has 1 amide bonds. The molecule has 2 atom stereocenters. The van der Waals surface area contributed by atoms with Crippen molar-refractivity contribution < 1.29 is 42.0 Å². The number of aliphatic hydroxyl groups is 2. The van der Waals surface area contributed by atoms with Crippen molar-refractivity contribution in [3.63, 3.8) is 0 Å². The van der Waals surface area contributed by atoms with Crippen LogP contribution in [0.25, 0.3) is 11.3 Å². The van der Waals surface area contributed by atoms with E-state index in [-0.39, 0.29) is 45.9 Å². The van der Waals surface area contributed by atoms with Gasteiger partial charge in [0.25, 0.3) is 5.91 Å². The summed E-state index contributed by atoms with van der Waals surface area (Å²) in [6.45, 7) is 1.23. The Labute approximate surface area is 238 Å². The Balaban J connectivity index is 1.66. The summed E-state index contributed by atoms with van der Waals surface area (Å²) in [6.07, 6.45) is -6.01. The zero-order chi connectivity index (χ0) is 29.9. The van der Waals surface area contributed by atoms with Crippen molar-refractivity contribution in [2.75, 3.05) is 33.4 Å². The zero-order valence-corrected chi connectivity index (χ0v) is 22.8. The third-order valence-corrected chi connectivity index (χ3v) is 6.91. The maximum atomic E-state index is 14.5. The van der Waals surface area contributed by atoms with Crippen LogP contribution < -0.4 is 20.1 Å². The summed E-state index contributed by atoms with van der Waals surface area (Å²) in [6, 6.07) is 10.3. The molecular formula is C28H28ClF4N3O5. The lowest BCUT2D eigenvalue weighted by Gasteiger charge is -2.33. The maximum Gasteiger partial charge on any atom is 0.424 e. The van der Waals surface area contributed by atoms with Crippen LogP contribution in [0.5, 0.6) is 11.5 Å². The van der Waals surface area contributed by atoms with Crippen LogP contribution >= 0.6 is 11.6 Å². The first-order valence-electron chi connectivity index (χ1n) is 12.6. The highest BCUT2D eigenvalue weighted by Crippen LogP contribution is 2.40. The molecule has 2 aromatic carbocycles. The molecule has 0 radical (unpaired) electrons. The summed E-state index contributed by atoms with van der Waals surface area (Å²) in [5.74, 6) is -1.42. The van der Waals surface area contributed by atoms with Gasteiger partial charge in [-0.05, 0) is 61.0 Å². The first-order valence-corrected chi connectivity index (χ1v) is 12.9. The van der Waals surface area contributed by atoms with E-state index in [0.29, 0.717) is 18.7 Å². The Morgan fingerprint density at radius 2 is 1.90 bits per heavy atom. The number of carbonyl (C=O) groups excluding carboxylic acids is 1. The van der Waals surface area contributed by atoms with Gasteiger partial charge in [-0.25, -0.2) is 9.37 Å². The number of carbonyl (C=O) groups is 1. The quantitative estimate of drug-likeness (QED) is 0.260. The van der Waals surface area contributed by atoms with Gasteiger partial charge in [0, 0.05) is 30.1 Å². The molecule has 2 heterocycles. The number of pyridine rings is 1. The van der Waals surface area contributed by atoms with Crippen molar-refractivity contribution in [2.45, 2.75) is 30.7 Å². The van der Waals surface area contributed by atoms with Gasteiger partial charge in [0.05, 0.1) is 36.2 Å². The summed E-state index contributed by atoms with van der Waals surface area (Å²) in [5.41, 5.74) is -3.57. The summed E-state index contributed by atoms with van der Waals surface area (Å²) in [7, 11) is 1.32. The lowest BCUT2D eigenvalue weighted by atomic mass is 9.88. The highest BCUT2D eigenvalue weighted by molar-refractivity contribution is 6.31. The minimum atomic E-state index is -5.24. The van der Waals surface area contributed by atoms with Gasteiger partial charge >= 0.3 is 6.18 Å². The van der Waals surface area contributed by atoms with Crippen molar-refractivity contribution in [2.24, 2.45) is 0 Å². The number of benzene rings is 2. The molecule has 220 valence electrons. The molecule has 1 unspecified atom stereocenters. The number of amides is 1. The van der Waals surface area contributed by atoms with Crippen LogP contribution in [0.3, 0.4) is 0 Å². The predicted molar refractivity (Wildman–Crippen MR) is 143 cm³/mol. The largest absolute Gasteiger partial charge is 0.493 e. The van der Waals surface area contributed by atoms with Crippen LogP contribution in [0.4, 0.5) is 17.6 Å². The van der Waals surface area contributed by atoms with Gasteiger partial charge < -0.3 is 30.3 Å². The van der Waals surface area contributed by atoms with Gasteiger partial charge in [-0.3, -0.25) is 4.79 Å². The molecule has 1 saturated heterocycles. The molecule has 1 aliphatic heterocycles. The molecule has 41 heavy (non-hydrogen) atoms. The lowest BCUT2D eigenvalue weighted by Crippen LogP contribution is -2.51. The summed E-state index contributed by atoms with van der Waals surface area (Å²) in [5, 5.41) is 25.5. The van der Waals surface area contributed by atoms with Crippen molar-refractivity contribution in [1.29, 1.82) is 0 Å². The number of aliphatic hydroxyl groups excluding tert-OH is 1. The van der Waals surface area contributed by atoms with Crippen LogP contribution in [0.15, 0.2) is 48.5 Å². The maximum absolute atomic E-state index is 14.5. The first kappa shape index (κ1) is 30.5.